The Morgan fingerprint density at radius 3 is 2.75 bits per heavy atom. The standard InChI is InChI=1S/C13H16BrN3O.2ClH/c14-11-1-2-12(16-7-11)13(18)17-4-3-9-5-15-6-10(9)8-17;;/h1-2,7,9-10,15H,3-6,8H2;2*1H. The van der Waals surface area contributed by atoms with Crippen molar-refractivity contribution in [1.82, 2.24) is 15.2 Å². The highest BCUT2D eigenvalue weighted by Crippen LogP contribution is 2.27. The van der Waals surface area contributed by atoms with Crippen LogP contribution in [0.2, 0.25) is 0 Å². The number of nitrogens with zero attached hydrogens (tertiary/aromatic N) is 2. The average molecular weight is 383 g/mol. The summed E-state index contributed by atoms with van der Waals surface area (Å²) in [5.74, 6) is 1.44. The van der Waals surface area contributed by atoms with E-state index < -0.39 is 0 Å². The fourth-order valence-corrected chi connectivity index (χ4v) is 3.12. The maximum absolute atomic E-state index is 12.3. The zero-order valence-corrected chi connectivity index (χ0v) is 14.1. The second-order valence-corrected chi connectivity index (χ2v) is 6.00. The summed E-state index contributed by atoms with van der Waals surface area (Å²) in [7, 11) is 0. The molecule has 3 heterocycles. The van der Waals surface area contributed by atoms with Crippen molar-refractivity contribution in [2.45, 2.75) is 6.42 Å². The highest BCUT2D eigenvalue weighted by Gasteiger charge is 2.34. The molecule has 2 saturated heterocycles. The normalized spacial score (nSPS) is 24.4. The van der Waals surface area contributed by atoms with Crippen LogP contribution in [0.5, 0.6) is 0 Å². The Hall–Kier alpha value is -0.360. The Morgan fingerprint density at radius 1 is 1.30 bits per heavy atom. The Morgan fingerprint density at radius 2 is 2.05 bits per heavy atom. The molecule has 0 spiro atoms. The SMILES string of the molecule is Cl.Cl.O=C(c1ccc(Br)cn1)N1CCC2CNCC2C1. The summed E-state index contributed by atoms with van der Waals surface area (Å²) in [6, 6.07) is 3.65. The number of pyridine rings is 1. The predicted octanol–water partition coefficient (Wildman–Crippen LogP) is 2.37. The van der Waals surface area contributed by atoms with Gasteiger partial charge in [-0.15, -0.1) is 24.8 Å². The molecule has 0 aromatic carbocycles. The molecule has 0 aliphatic carbocycles. The number of nitrogens with one attached hydrogen (secondary N) is 1. The minimum absolute atomic E-state index is 0. The molecular weight excluding hydrogens is 365 g/mol. The number of amides is 1. The number of carbonyl (C=O) groups excluding carboxylic acids is 1. The zero-order chi connectivity index (χ0) is 12.5. The molecule has 2 unspecified atom stereocenters. The number of halogens is 3. The topological polar surface area (TPSA) is 45.2 Å². The van der Waals surface area contributed by atoms with Crippen LogP contribution in [0.3, 0.4) is 0 Å². The van der Waals surface area contributed by atoms with E-state index in [1.165, 1.54) is 0 Å². The lowest BCUT2D eigenvalue weighted by Gasteiger charge is -2.34. The molecular formula is C13H18BrCl2N3O. The summed E-state index contributed by atoms with van der Waals surface area (Å²) in [6.07, 6.45) is 2.79. The van der Waals surface area contributed by atoms with Gasteiger partial charge in [-0.25, -0.2) is 4.98 Å². The van der Waals surface area contributed by atoms with E-state index in [0.29, 0.717) is 11.6 Å². The lowest BCUT2D eigenvalue weighted by atomic mass is 9.88. The van der Waals surface area contributed by atoms with Gasteiger partial charge in [-0.3, -0.25) is 4.79 Å². The van der Waals surface area contributed by atoms with Crippen LogP contribution >= 0.6 is 40.7 Å². The van der Waals surface area contributed by atoms with Gasteiger partial charge in [0.05, 0.1) is 0 Å². The van der Waals surface area contributed by atoms with Crippen LogP contribution in [0.4, 0.5) is 0 Å². The van der Waals surface area contributed by atoms with Crippen molar-refractivity contribution in [3.05, 3.63) is 28.5 Å². The lowest BCUT2D eigenvalue weighted by molar-refractivity contribution is 0.0636. The van der Waals surface area contributed by atoms with Gasteiger partial charge in [0.15, 0.2) is 0 Å². The Balaban J connectivity index is 0.000001000. The summed E-state index contributed by atoms with van der Waals surface area (Å²) in [6.45, 7) is 3.89. The lowest BCUT2D eigenvalue weighted by Crippen LogP contribution is -2.43. The van der Waals surface area contributed by atoms with Crippen molar-refractivity contribution >= 4 is 46.7 Å². The molecule has 7 heteroatoms. The predicted molar refractivity (Wildman–Crippen MR) is 86.8 cm³/mol. The van der Waals surface area contributed by atoms with Crippen molar-refractivity contribution in [2.24, 2.45) is 11.8 Å². The van der Waals surface area contributed by atoms with Crippen molar-refractivity contribution in [1.29, 1.82) is 0 Å². The van der Waals surface area contributed by atoms with Crippen LogP contribution in [0.15, 0.2) is 22.8 Å². The van der Waals surface area contributed by atoms with Crippen LogP contribution in [0.25, 0.3) is 0 Å². The molecule has 1 amide bonds. The van der Waals surface area contributed by atoms with Crippen molar-refractivity contribution < 1.29 is 4.79 Å². The molecule has 20 heavy (non-hydrogen) atoms. The van der Waals surface area contributed by atoms with Gasteiger partial charge in [0.2, 0.25) is 0 Å². The first-order valence-electron chi connectivity index (χ1n) is 6.35. The van der Waals surface area contributed by atoms with Gasteiger partial charge >= 0.3 is 0 Å². The van der Waals surface area contributed by atoms with Gasteiger partial charge in [0.25, 0.3) is 5.91 Å². The third-order valence-electron chi connectivity index (χ3n) is 3.94. The zero-order valence-electron chi connectivity index (χ0n) is 10.9. The minimum Gasteiger partial charge on any atom is -0.337 e. The molecule has 4 nitrogen and oxygen atoms in total. The molecule has 1 aromatic heterocycles. The summed E-state index contributed by atoms with van der Waals surface area (Å²) in [5, 5.41) is 3.41. The molecule has 3 rings (SSSR count). The molecule has 0 saturated carbocycles. The maximum atomic E-state index is 12.3. The molecule has 0 radical (unpaired) electrons. The van der Waals surface area contributed by atoms with Gasteiger partial charge in [0, 0.05) is 23.8 Å². The summed E-state index contributed by atoms with van der Waals surface area (Å²) >= 11 is 3.33. The minimum atomic E-state index is 0. The van der Waals surface area contributed by atoms with Crippen LogP contribution < -0.4 is 5.32 Å². The largest absolute Gasteiger partial charge is 0.337 e. The third kappa shape index (κ3) is 3.64. The van der Waals surface area contributed by atoms with Gasteiger partial charge in [-0.1, -0.05) is 0 Å². The molecule has 0 bridgehead atoms. The van der Waals surface area contributed by atoms with Gasteiger partial charge in [-0.2, -0.15) is 0 Å². The summed E-state index contributed by atoms with van der Waals surface area (Å²) in [5.41, 5.74) is 0.544. The fraction of sp³-hybridized carbons (Fsp3) is 0.538. The van der Waals surface area contributed by atoms with E-state index >= 15 is 0 Å². The van der Waals surface area contributed by atoms with Gasteiger partial charge in [0.1, 0.15) is 5.69 Å². The molecule has 112 valence electrons. The number of fused-ring (bicyclic) bond motifs is 1. The summed E-state index contributed by atoms with van der Waals surface area (Å²) in [4.78, 5) is 18.5. The highest BCUT2D eigenvalue weighted by atomic mass is 79.9. The van der Waals surface area contributed by atoms with Gasteiger partial charge in [-0.05, 0) is 59.4 Å². The van der Waals surface area contributed by atoms with Crippen LogP contribution in [0.1, 0.15) is 16.9 Å². The average Bonchev–Trinajstić information content (AvgIpc) is 2.86. The van der Waals surface area contributed by atoms with E-state index in [1.54, 1.807) is 12.3 Å². The number of aromatic nitrogens is 1. The molecule has 1 aromatic rings. The molecule has 2 aliphatic heterocycles. The van der Waals surface area contributed by atoms with Crippen molar-refractivity contribution in [3.8, 4) is 0 Å². The first-order chi connectivity index (χ1) is 8.74. The van der Waals surface area contributed by atoms with E-state index in [9.17, 15) is 4.79 Å². The van der Waals surface area contributed by atoms with E-state index in [1.807, 2.05) is 11.0 Å². The number of hydrogen-bond acceptors (Lipinski definition) is 3. The molecule has 2 fully saturated rings. The highest BCUT2D eigenvalue weighted by molar-refractivity contribution is 9.10. The number of rotatable bonds is 1. The van der Waals surface area contributed by atoms with Crippen molar-refractivity contribution in [3.63, 3.8) is 0 Å². The number of carbonyl (C=O) groups is 1. The van der Waals surface area contributed by atoms with Crippen LogP contribution in [-0.4, -0.2) is 42.0 Å². The van der Waals surface area contributed by atoms with Crippen molar-refractivity contribution in [2.75, 3.05) is 26.2 Å². The van der Waals surface area contributed by atoms with Gasteiger partial charge < -0.3 is 10.2 Å². The van der Waals surface area contributed by atoms with Crippen LogP contribution in [0, 0.1) is 11.8 Å². The van der Waals surface area contributed by atoms with E-state index in [2.05, 4.69) is 26.2 Å². The Kier molecular flexibility index (Phi) is 6.72. The first-order valence-corrected chi connectivity index (χ1v) is 7.15. The fourth-order valence-electron chi connectivity index (χ4n) is 2.88. The van der Waals surface area contributed by atoms with E-state index in [4.69, 9.17) is 0 Å². The third-order valence-corrected chi connectivity index (χ3v) is 4.41. The molecule has 2 aliphatic rings. The quantitative estimate of drug-likeness (QED) is 0.810. The first kappa shape index (κ1) is 17.7. The number of piperidine rings is 1. The van der Waals surface area contributed by atoms with E-state index in [0.717, 1.165) is 43.0 Å². The Bertz CT molecular complexity index is 457. The second-order valence-electron chi connectivity index (χ2n) is 5.08. The molecule has 1 N–H and O–H groups in total. The van der Waals surface area contributed by atoms with Crippen LogP contribution in [-0.2, 0) is 0 Å². The van der Waals surface area contributed by atoms with E-state index in [-0.39, 0.29) is 30.7 Å². The number of hydrogen-bond donors (Lipinski definition) is 1. The number of likely N-dealkylation sites (tertiary alicyclic amines) is 1. The molecule has 2 atom stereocenters. The maximum Gasteiger partial charge on any atom is 0.272 e. The smallest absolute Gasteiger partial charge is 0.272 e. The monoisotopic (exact) mass is 381 g/mol. The Labute approximate surface area is 139 Å². The summed E-state index contributed by atoms with van der Waals surface area (Å²) < 4.78 is 0.901. The second kappa shape index (κ2) is 7.59.